The smallest absolute Gasteiger partial charge is 0.256 e. The highest BCUT2D eigenvalue weighted by atomic mass is 32.2. The predicted octanol–water partition coefficient (Wildman–Crippen LogP) is 2.87. The zero-order valence-electron chi connectivity index (χ0n) is 23.0. The first-order chi connectivity index (χ1) is 17.3. The maximum Gasteiger partial charge on any atom is 0.256 e. The standard InChI is InChI=1S/C28H38N4O3S.2H2O/c1-18-16-25(35-4)23(27(33)30-18)17-29-28(34)26-20(3)32(24-9-7-6-8-22(24)26)19(2)21-10-12-31(13-11-21)14-15-36-5;;/h6-9,16,19,21H,10-15,17H2,1-5H3,(H,29,34)(H,30,33);2*1H2/t19-;;/m1../s1. The largest absolute Gasteiger partial charge is 0.496 e. The number of hydrogen-bond acceptors (Lipinski definition) is 5. The van der Waals surface area contributed by atoms with Crippen LogP contribution in [-0.4, -0.2) is 70.1 Å². The Morgan fingerprint density at radius 3 is 2.55 bits per heavy atom. The number of amides is 1. The second kappa shape index (κ2) is 13.8. The molecule has 1 saturated heterocycles. The zero-order chi connectivity index (χ0) is 25.8. The molecule has 0 aliphatic carbocycles. The van der Waals surface area contributed by atoms with Gasteiger partial charge in [-0.2, -0.15) is 11.8 Å². The number of likely N-dealkylation sites (tertiary alicyclic amines) is 1. The fraction of sp³-hybridized carbons (Fsp3) is 0.500. The van der Waals surface area contributed by atoms with Crippen LogP contribution in [0.4, 0.5) is 0 Å². The second-order valence-electron chi connectivity index (χ2n) is 9.77. The average molecular weight is 547 g/mol. The second-order valence-corrected chi connectivity index (χ2v) is 10.8. The molecule has 4 rings (SSSR count). The summed E-state index contributed by atoms with van der Waals surface area (Å²) in [4.78, 5) is 31.4. The Labute approximate surface area is 228 Å². The Bertz CT molecular complexity index is 1280. The predicted molar refractivity (Wildman–Crippen MR) is 156 cm³/mol. The van der Waals surface area contributed by atoms with Crippen molar-refractivity contribution in [2.45, 2.75) is 46.2 Å². The number of thioether (sulfide) groups is 1. The number of aromatic nitrogens is 2. The van der Waals surface area contributed by atoms with Crippen molar-refractivity contribution in [2.24, 2.45) is 5.92 Å². The quantitative estimate of drug-likeness (QED) is 0.424. The van der Waals surface area contributed by atoms with Gasteiger partial charge in [0.2, 0.25) is 0 Å². The molecule has 1 amide bonds. The number of rotatable bonds is 9. The van der Waals surface area contributed by atoms with Gasteiger partial charge in [-0.05, 0) is 71.0 Å². The molecule has 9 nitrogen and oxygen atoms in total. The van der Waals surface area contributed by atoms with Gasteiger partial charge in [-0.25, -0.2) is 0 Å². The highest BCUT2D eigenvalue weighted by Gasteiger charge is 2.29. The van der Waals surface area contributed by atoms with E-state index in [0.717, 1.165) is 41.9 Å². The molecule has 38 heavy (non-hydrogen) atoms. The summed E-state index contributed by atoms with van der Waals surface area (Å²) in [5.41, 5.74) is 3.62. The third-order valence-corrected chi connectivity index (χ3v) is 8.18. The van der Waals surface area contributed by atoms with E-state index >= 15 is 0 Å². The zero-order valence-corrected chi connectivity index (χ0v) is 23.8. The van der Waals surface area contributed by atoms with Crippen LogP contribution in [0.3, 0.4) is 0 Å². The van der Waals surface area contributed by atoms with Crippen molar-refractivity contribution in [3.8, 4) is 5.75 Å². The van der Waals surface area contributed by atoms with Gasteiger partial charge in [0.15, 0.2) is 0 Å². The minimum absolute atomic E-state index is 0. The normalized spacial score (nSPS) is 15.0. The van der Waals surface area contributed by atoms with E-state index in [0.29, 0.717) is 28.8 Å². The van der Waals surface area contributed by atoms with E-state index in [-0.39, 0.29) is 29.0 Å². The lowest BCUT2D eigenvalue weighted by Gasteiger charge is -2.36. The lowest BCUT2D eigenvalue weighted by molar-refractivity contribution is 0.0951. The fourth-order valence-electron chi connectivity index (χ4n) is 5.59. The molecule has 0 saturated carbocycles. The van der Waals surface area contributed by atoms with Crippen LogP contribution in [0, 0.1) is 19.8 Å². The number of aromatic amines is 1. The molecule has 3 aromatic rings. The molecule has 1 aliphatic rings. The number of methoxy groups -OCH3 is 1. The van der Waals surface area contributed by atoms with Crippen molar-refractivity contribution >= 4 is 28.6 Å². The van der Waals surface area contributed by atoms with E-state index in [4.69, 9.17) is 4.74 Å². The average Bonchev–Trinajstić information content (AvgIpc) is 3.17. The fourth-order valence-corrected chi connectivity index (χ4v) is 6.03. The molecule has 3 heterocycles. The van der Waals surface area contributed by atoms with Gasteiger partial charge in [0.25, 0.3) is 11.5 Å². The Balaban J connectivity index is 0.00000253. The summed E-state index contributed by atoms with van der Waals surface area (Å²) in [7, 11) is 1.53. The number of pyridine rings is 1. The number of ether oxygens (including phenoxy) is 1. The Morgan fingerprint density at radius 1 is 1.21 bits per heavy atom. The third kappa shape index (κ3) is 6.43. The van der Waals surface area contributed by atoms with Crippen LogP contribution in [0.1, 0.15) is 53.1 Å². The maximum absolute atomic E-state index is 13.5. The molecular weight excluding hydrogens is 504 g/mol. The summed E-state index contributed by atoms with van der Waals surface area (Å²) in [5, 5.41) is 3.93. The van der Waals surface area contributed by atoms with Crippen molar-refractivity contribution < 1.29 is 20.5 Å². The molecule has 210 valence electrons. The van der Waals surface area contributed by atoms with Gasteiger partial charge in [0, 0.05) is 40.6 Å². The number of hydrogen-bond donors (Lipinski definition) is 2. The molecule has 10 heteroatoms. The van der Waals surface area contributed by atoms with Gasteiger partial charge >= 0.3 is 0 Å². The number of para-hydroxylation sites is 1. The minimum atomic E-state index is -0.246. The number of carbonyl (C=O) groups excluding carboxylic acids is 1. The lowest BCUT2D eigenvalue weighted by atomic mass is 9.90. The first-order valence-electron chi connectivity index (χ1n) is 12.7. The molecule has 0 bridgehead atoms. The molecule has 6 N–H and O–H groups in total. The maximum atomic E-state index is 13.5. The highest BCUT2D eigenvalue weighted by molar-refractivity contribution is 7.98. The topological polar surface area (TPSA) is 142 Å². The van der Waals surface area contributed by atoms with Crippen molar-refractivity contribution in [2.75, 3.05) is 38.8 Å². The molecule has 1 aromatic carbocycles. The highest BCUT2D eigenvalue weighted by Crippen LogP contribution is 2.35. The van der Waals surface area contributed by atoms with Crippen LogP contribution < -0.4 is 15.6 Å². The van der Waals surface area contributed by atoms with Gasteiger partial charge < -0.3 is 35.5 Å². The van der Waals surface area contributed by atoms with Crippen molar-refractivity contribution in [1.82, 2.24) is 19.8 Å². The molecule has 1 atom stereocenters. The van der Waals surface area contributed by atoms with Crippen molar-refractivity contribution in [1.29, 1.82) is 0 Å². The van der Waals surface area contributed by atoms with Crippen molar-refractivity contribution in [3.05, 3.63) is 63.2 Å². The van der Waals surface area contributed by atoms with E-state index in [1.165, 1.54) is 25.7 Å². The van der Waals surface area contributed by atoms with Gasteiger partial charge in [-0.1, -0.05) is 18.2 Å². The lowest BCUT2D eigenvalue weighted by Crippen LogP contribution is -2.37. The van der Waals surface area contributed by atoms with E-state index in [9.17, 15) is 9.59 Å². The van der Waals surface area contributed by atoms with Crippen LogP contribution in [0.2, 0.25) is 0 Å². The van der Waals surface area contributed by atoms with Crippen LogP contribution in [0.15, 0.2) is 35.1 Å². The van der Waals surface area contributed by atoms with Crippen LogP contribution in [0.25, 0.3) is 10.9 Å². The number of nitrogens with one attached hydrogen (secondary N) is 2. The van der Waals surface area contributed by atoms with Gasteiger partial charge in [-0.15, -0.1) is 0 Å². The van der Waals surface area contributed by atoms with E-state index in [1.54, 1.807) is 13.0 Å². The summed E-state index contributed by atoms with van der Waals surface area (Å²) >= 11 is 1.90. The van der Waals surface area contributed by atoms with Gasteiger partial charge in [0.1, 0.15) is 5.75 Å². The summed E-state index contributed by atoms with van der Waals surface area (Å²) in [6.45, 7) is 9.66. The summed E-state index contributed by atoms with van der Waals surface area (Å²) in [6.07, 6.45) is 4.50. The van der Waals surface area contributed by atoms with Crippen LogP contribution >= 0.6 is 11.8 Å². The number of H-pyrrole nitrogens is 1. The molecule has 0 radical (unpaired) electrons. The number of nitrogens with zero attached hydrogens (tertiary/aromatic N) is 2. The first kappa shape index (κ1) is 31.4. The number of piperidine rings is 1. The van der Waals surface area contributed by atoms with Crippen molar-refractivity contribution in [3.63, 3.8) is 0 Å². The number of carbonyl (C=O) groups is 1. The molecule has 2 aromatic heterocycles. The van der Waals surface area contributed by atoms with Crippen LogP contribution in [-0.2, 0) is 6.54 Å². The van der Waals surface area contributed by atoms with E-state index < -0.39 is 0 Å². The molecule has 1 aliphatic heterocycles. The Hall–Kier alpha value is -2.79. The van der Waals surface area contributed by atoms with E-state index in [1.807, 2.05) is 36.9 Å². The summed E-state index contributed by atoms with van der Waals surface area (Å²) in [6, 6.07) is 10.2. The minimum Gasteiger partial charge on any atom is -0.496 e. The molecule has 0 unspecified atom stereocenters. The SMILES string of the molecule is COc1cc(C)[nH]c(=O)c1CNC(=O)c1c(C)n([C@H](C)C2CCN(CCSC)CC2)c2ccccc12.O.O. The monoisotopic (exact) mass is 546 g/mol. The van der Waals surface area contributed by atoms with Crippen LogP contribution in [0.5, 0.6) is 5.75 Å². The summed E-state index contributed by atoms with van der Waals surface area (Å²) in [5.74, 6) is 2.05. The van der Waals surface area contributed by atoms with E-state index in [2.05, 4.69) is 39.0 Å². The molecular formula is C28H42N4O5S. The Kier molecular flexibility index (Phi) is 11.4. The number of benzene rings is 1. The third-order valence-electron chi connectivity index (χ3n) is 7.59. The van der Waals surface area contributed by atoms with Gasteiger partial charge in [-0.3, -0.25) is 9.59 Å². The Morgan fingerprint density at radius 2 is 1.89 bits per heavy atom. The summed E-state index contributed by atoms with van der Waals surface area (Å²) < 4.78 is 7.74. The number of fused-ring (bicyclic) bond motifs is 1. The van der Waals surface area contributed by atoms with Gasteiger partial charge in [0.05, 0.1) is 24.8 Å². The molecule has 1 fully saturated rings. The first-order valence-corrected chi connectivity index (χ1v) is 14.1. The number of aryl methyl sites for hydroxylation is 1. The molecule has 0 spiro atoms.